The van der Waals surface area contributed by atoms with Crippen LogP contribution < -0.4 is 5.32 Å². The first-order valence-corrected chi connectivity index (χ1v) is 7.53. The third-order valence-corrected chi connectivity index (χ3v) is 4.91. The van der Waals surface area contributed by atoms with Crippen molar-refractivity contribution in [1.82, 2.24) is 15.1 Å². The van der Waals surface area contributed by atoms with Gasteiger partial charge in [0.1, 0.15) is 0 Å². The summed E-state index contributed by atoms with van der Waals surface area (Å²) in [5, 5.41) is 3.44. The van der Waals surface area contributed by atoms with Crippen LogP contribution in [-0.4, -0.2) is 68.3 Å². The molecule has 0 aromatic heterocycles. The normalized spacial score (nSPS) is 30.3. The van der Waals surface area contributed by atoms with Crippen LogP contribution in [0.2, 0.25) is 0 Å². The first kappa shape index (κ1) is 16.0. The molecule has 118 valence electrons. The third-order valence-electron chi connectivity index (χ3n) is 4.91. The van der Waals surface area contributed by atoms with Crippen molar-refractivity contribution in [2.24, 2.45) is 11.3 Å². The smallest absolute Gasteiger partial charge is 0.316 e. The van der Waals surface area contributed by atoms with Crippen molar-refractivity contribution >= 4 is 0 Å². The summed E-state index contributed by atoms with van der Waals surface area (Å²) >= 11 is 0. The van der Waals surface area contributed by atoms with E-state index in [0.29, 0.717) is 24.4 Å². The maximum Gasteiger partial charge on any atom is 0.401 e. The van der Waals surface area contributed by atoms with E-state index in [2.05, 4.69) is 24.1 Å². The van der Waals surface area contributed by atoms with Crippen LogP contribution in [0.15, 0.2) is 0 Å². The monoisotopic (exact) mass is 293 g/mol. The Morgan fingerprint density at radius 2 is 1.70 bits per heavy atom. The van der Waals surface area contributed by atoms with Gasteiger partial charge < -0.3 is 10.2 Å². The highest BCUT2D eigenvalue weighted by atomic mass is 19.4. The molecule has 2 fully saturated rings. The number of rotatable bonds is 4. The van der Waals surface area contributed by atoms with E-state index >= 15 is 0 Å². The molecule has 1 unspecified atom stereocenters. The van der Waals surface area contributed by atoms with Crippen molar-refractivity contribution < 1.29 is 13.2 Å². The van der Waals surface area contributed by atoms with Gasteiger partial charge in [0.15, 0.2) is 0 Å². The van der Waals surface area contributed by atoms with Crippen LogP contribution in [0.4, 0.5) is 13.2 Å². The van der Waals surface area contributed by atoms with Gasteiger partial charge in [0.2, 0.25) is 0 Å². The highest BCUT2D eigenvalue weighted by molar-refractivity contribution is 4.93. The van der Waals surface area contributed by atoms with E-state index in [1.807, 2.05) is 0 Å². The number of hydrogen-bond donors (Lipinski definition) is 1. The van der Waals surface area contributed by atoms with Crippen LogP contribution >= 0.6 is 0 Å². The van der Waals surface area contributed by atoms with E-state index in [0.717, 1.165) is 32.7 Å². The van der Waals surface area contributed by atoms with Gasteiger partial charge in [-0.2, -0.15) is 13.2 Å². The van der Waals surface area contributed by atoms with Crippen LogP contribution in [0.25, 0.3) is 0 Å². The average molecular weight is 293 g/mol. The Bertz CT molecular complexity index is 303. The Morgan fingerprint density at radius 1 is 1.10 bits per heavy atom. The lowest BCUT2D eigenvalue weighted by molar-refractivity contribution is -0.149. The topological polar surface area (TPSA) is 18.5 Å². The van der Waals surface area contributed by atoms with Gasteiger partial charge in [-0.3, -0.25) is 4.90 Å². The number of halogens is 3. The zero-order chi connectivity index (χ0) is 14.8. The molecule has 1 N–H and O–H groups in total. The number of hydrogen-bond acceptors (Lipinski definition) is 3. The molecule has 2 aliphatic heterocycles. The second-order valence-corrected chi connectivity index (χ2v) is 6.61. The molecule has 1 atom stereocenters. The molecular formula is C14H26F3N3. The van der Waals surface area contributed by atoms with Gasteiger partial charge in [0.05, 0.1) is 6.54 Å². The van der Waals surface area contributed by atoms with E-state index in [9.17, 15) is 13.2 Å². The molecule has 0 spiro atoms. The predicted octanol–water partition coefficient (Wildman–Crippen LogP) is 1.80. The SMILES string of the molecule is CC(C)C1(CN2CCN(CC(F)(F)F)CC2)CCNC1. The first-order valence-electron chi connectivity index (χ1n) is 7.53. The summed E-state index contributed by atoms with van der Waals surface area (Å²) in [6.07, 6.45) is -2.90. The molecule has 0 amide bonds. The summed E-state index contributed by atoms with van der Waals surface area (Å²) in [5.74, 6) is 0.603. The highest BCUT2D eigenvalue weighted by Gasteiger charge is 2.39. The second kappa shape index (κ2) is 6.20. The predicted molar refractivity (Wildman–Crippen MR) is 73.7 cm³/mol. The van der Waals surface area contributed by atoms with Gasteiger partial charge in [-0.25, -0.2) is 0 Å². The minimum Gasteiger partial charge on any atom is -0.316 e. The minimum atomic E-state index is -4.07. The van der Waals surface area contributed by atoms with Crippen molar-refractivity contribution in [3.05, 3.63) is 0 Å². The third kappa shape index (κ3) is 4.09. The summed E-state index contributed by atoms with van der Waals surface area (Å²) < 4.78 is 37.1. The van der Waals surface area contributed by atoms with E-state index in [4.69, 9.17) is 0 Å². The summed E-state index contributed by atoms with van der Waals surface area (Å²) in [5.41, 5.74) is 0.298. The number of piperazine rings is 1. The van der Waals surface area contributed by atoms with Crippen molar-refractivity contribution in [3.63, 3.8) is 0 Å². The Hall–Kier alpha value is -0.330. The highest BCUT2D eigenvalue weighted by Crippen LogP contribution is 2.35. The van der Waals surface area contributed by atoms with E-state index in [-0.39, 0.29) is 0 Å². The summed E-state index contributed by atoms with van der Waals surface area (Å²) in [6.45, 7) is 9.42. The molecule has 2 aliphatic rings. The van der Waals surface area contributed by atoms with E-state index in [1.54, 1.807) is 0 Å². The second-order valence-electron chi connectivity index (χ2n) is 6.61. The molecule has 2 rings (SSSR count). The van der Waals surface area contributed by atoms with Gasteiger partial charge in [0, 0.05) is 39.3 Å². The number of nitrogens with zero attached hydrogens (tertiary/aromatic N) is 2. The van der Waals surface area contributed by atoms with E-state index < -0.39 is 12.7 Å². The van der Waals surface area contributed by atoms with Crippen LogP contribution in [0.1, 0.15) is 20.3 Å². The molecule has 3 nitrogen and oxygen atoms in total. The lowest BCUT2D eigenvalue weighted by atomic mass is 9.76. The molecule has 20 heavy (non-hydrogen) atoms. The van der Waals surface area contributed by atoms with E-state index in [1.165, 1.54) is 11.3 Å². The molecule has 2 heterocycles. The Kier molecular flexibility index (Phi) is 4.97. The molecule has 0 aromatic carbocycles. The Balaban J connectivity index is 1.82. The standard InChI is InChI=1S/C14H26F3N3/c1-12(2)13(3-4-18-9-13)10-19-5-7-20(8-6-19)11-14(15,16)17/h12,18H,3-11H2,1-2H3. The lowest BCUT2D eigenvalue weighted by Crippen LogP contribution is -2.53. The fraction of sp³-hybridized carbons (Fsp3) is 1.00. The summed E-state index contributed by atoms with van der Waals surface area (Å²) in [4.78, 5) is 3.87. The molecular weight excluding hydrogens is 267 g/mol. The van der Waals surface area contributed by atoms with Crippen LogP contribution in [-0.2, 0) is 0 Å². The lowest BCUT2D eigenvalue weighted by Gasteiger charge is -2.42. The van der Waals surface area contributed by atoms with Gasteiger partial charge in [-0.1, -0.05) is 13.8 Å². The maximum atomic E-state index is 12.4. The zero-order valence-corrected chi connectivity index (χ0v) is 12.5. The molecule has 0 aromatic rings. The molecule has 0 aliphatic carbocycles. The van der Waals surface area contributed by atoms with Crippen LogP contribution in [0.3, 0.4) is 0 Å². The quantitative estimate of drug-likeness (QED) is 0.853. The molecule has 0 bridgehead atoms. The van der Waals surface area contributed by atoms with Crippen molar-refractivity contribution in [3.8, 4) is 0 Å². The molecule has 0 radical (unpaired) electrons. The van der Waals surface area contributed by atoms with Gasteiger partial charge in [0.25, 0.3) is 0 Å². The fourth-order valence-electron chi connectivity index (χ4n) is 3.38. The number of nitrogens with one attached hydrogen (secondary N) is 1. The molecule has 6 heteroatoms. The average Bonchev–Trinajstić information content (AvgIpc) is 2.80. The van der Waals surface area contributed by atoms with Crippen molar-refractivity contribution in [1.29, 1.82) is 0 Å². The largest absolute Gasteiger partial charge is 0.401 e. The van der Waals surface area contributed by atoms with Crippen LogP contribution in [0.5, 0.6) is 0 Å². The maximum absolute atomic E-state index is 12.4. The summed E-state index contributed by atoms with van der Waals surface area (Å²) in [7, 11) is 0. The van der Waals surface area contributed by atoms with Crippen molar-refractivity contribution in [2.45, 2.75) is 26.4 Å². The minimum absolute atomic E-state index is 0.298. The van der Waals surface area contributed by atoms with Crippen molar-refractivity contribution in [2.75, 3.05) is 52.4 Å². The zero-order valence-electron chi connectivity index (χ0n) is 12.5. The Labute approximate surface area is 119 Å². The van der Waals surface area contributed by atoms with Gasteiger partial charge >= 0.3 is 6.18 Å². The molecule has 0 saturated carbocycles. The van der Waals surface area contributed by atoms with Crippen LogP contribution in [0, 0.1) is 11.3 Å². The first-order chi connectivity index (χ1) is 9.31. The summed E-state index contributed by atoms with van der Waals surface area (Å²) in [6, 6.07) is 0. The Morgan fingerprint density at radius 3 is 2.15 bits per heavy atom. The molecule has 2 saturated heterocycles. The van der Waals surface area contributed by atoms with Gasteiger partial charge in [-0.15, -0.1) is 0 Å². The fourth-order valence-corrected chi connectivity index (χ4v) is 3.38. The number of alkyl halides is 3. The van der Waals surface area contributed by atoms with Gasteiger partial charge in [-0.05, 0) is 24.3 Å².